The van der Waals surface area contributed by atoms with Gasteiger partial charge in [-0.1, -0.05) is 43.7 Å². The minimum atomic E-state index is -6.36. The van der Waals surface area contributed by atoms with Crippen LogP contribution in [0.5, 0.6) is 5.75 Å². The number of para-hydroxylation sites is 1. The quantitative estimate of drug-likeness (QED) is 0.219. The predicted molar refractivity (Wildman–Crippen MR) is 114 cm³/mol. The number of benzene rings is 1. The third-order valence-corrected chi connectivity index (χ3v) is 8.72. The molecule has 0 aromatic heterocycles. The molecule has 0 amide bonds. The summed E-state index contributed by atoms with van der Waals surface area (Å²) in [4.78, 5) is 0. The summed E-state index contributed by atoms with van der Waals surface area (Å²) >= 11 is 0. The fourth-order valence-corrected chi connectivity index (χ4v) is 6.81. The molecular formula is C23H27F5O6S. The number of fused-ring (bicyclic) bond motifs is 1. The molecule has 3 aliphatic rings. The molecule has 0 aliphatic heterocycles. The van der Waals surface area contributed by atoms with Crippen LogP contribution in [-0.4, -0.2) is 48.5 Å². The number of alkyl halides is 5. The second-order valence-electron chi connectivity index (χ2n) is 10.2. The lowest BCUT2D eigenvalue weighted by Gasteiger charge is -2.56. The summed E-state index contributed by atoms with van der Waals surface area (Å²) in [6.45, 7) is 2.64. The molecule has 6 nitrogen and oxygen atoms in total. The molecule has 35 heavy (non-hydrogen) atoms. The lowest BCUT2D eigenvalue weighted by Crippen LogP contribution is -2.57. The number of halogens is 5. The Morgan fingerprint density at radius 1 is 1.14 bits per heavy atom. The predicted octanol–water partition coefficient (Wildman–Crippen LogP) is 4.81. The van der Waals surface area contributed by atoms with Gasteiger partial charge in [-0.05, 0) is 49.1 Å². The van der Waals surface area contributed by atoms with E-state index >= 15 is 0 Å². The van der Waals surface area contributed by atoms with Gasteiger partial charge < -0.3 is 14.6 Å². The van der Waals surface area contributed by atoms with Gasteiger partial charge in [0.2, 0.25) is 12.4 Å². The summed E-state index contributed by atoms with van der Waals surface area (Å²) in [5.74, 6) is 0.205. The molecule has 2 saturated carbocycles. The Labute approximate surface area is 199 Å². The number of allylic oxidation sites excluding steroid dienone is 1. The molecule has 0 radical (unpaired) electrons. The number of hydrogen-bond acceptors (Lipinski definition) is 5. The molecule has 7 atom stereocenters. The molecule has 196 valence electrons. The highest BCUT2D eigenvalue weighted by Crippen LogP contribution is 2.70. The van der Waals surface area contributed by atoms with Crippen LogP contribution in [0, 0.1) is 28.6 Å². The molecule has 2 fully saturated rings. The Morgan fingerprint density at radius 2 is 1.77 bits per heavy atom. The van der Waals surface area contributed by atoms with Crippen LogP contribution in [0.1, 0.15) is 33.1 Å². The first-order valence-electron chi connectivity index (χ1n) is 11.2. The zero-order valence-corrected chi connectivity index (χ0v) is 19.8. The third-order valence-electron chi connectivity index (χ3n) is 7.82. The fourth-order valence-electron chi connectivity index (χ4n) is 6.34. The van der Waals surface area contributed by atoms with E-state index in [9.17, 15) is 35.5 Å². The largest absolute Gasteiger partial charge is 0.465 e. The molecule has 2 N–H and O–H groups in total. The summed E-state index contributed by atoms with van der Waals surface area (Å²) in [7, 11) is -6.36. The first-order chi connectivity index (χ1) is 16.0. The molecule has 0 saturated heterocycles. The van der Waals surface area contributed by atoms with Gasteiger partial charge in [0.25, 0.3) is 0 Å². The van der Waals surface area contributed by atoms with Crippen molar-refractivity contribution in [2.45, 2.75) is 56.9 Å². The molecule has 2 bridgehead atoms. The van der Waals surface area contributed by atoms with Crippen molar-refractivity contribution in [2.24, 2.45) is 28.6 Å². The number of aliphatic hydroxyl groups is 1. The number of rotatable bonds is 8. The van der Waals surface area contributed by atoms with Crippen molar-refractivity contribution >= 4 is 10.1 Å². The van der Waals surface area contributed by atoms with Crippen LogP contribution in [0.25, 0.3) is 0 Å². The van der Waals surface area contributed by atoms with Crippen LogP contribution >= 0.6 is 0 Å². The second-order valence-corrected chi connectivity index (χ2v) is 11.7. The lowest BCUT2D eigenvalue weighted by atomic mass is 9.50. The van der Waals surface area contributed by atoms with Crippen LogP contribution in [-0.2, 0) is 14.9 Å². The van der Waals surface area contributed by atoms with Gasteiger partial charge in [-0.15, -0.1) is 0 Å². The Hall–Kier alpha value is -1.76. The summed E-state index contributed by atoms with van der Waals surface area (Å²) in [5.41, 5.74) is -0.766. The minimum Gasteiger partial charge on any atom is -0.465 e. The first-order valence-corrected chi connectivity index (χ1v) is 12.6. The van der Waals surface area contributed by atoms with Crippen molar-refractivity contribution in [3.05, 3.63) is 42.0 Å². The van der Waals surface area contributed by atoms with Crippen LogP contribution < -0.4 is 4.74 Å². The van der Waals surface area contributed by atoms with E-state index in [1.807, 2.05) is 13.0 Å². The molecule has 3 aliphatic carbocycles. The summed E-state index contributed by atoms with van der Waals surface area (Å²) in [6.07, 6.45) is -7.65. The van der Waals surface area contributed by atoms with Gasteiger partial charge in [-0.25, -0.2) is 0 Å². The number of ether oxygens (including phenoxy) is 2. The minimum absolute atomic E-state index is 0.0484. The van der Waals surface area contributed by atoms with Crippen molar-refractivity contribution < 1.29 is 49.5 Å². The standard InChI is InChI=1S/C23H27F5O6S/c1-13-16-11-20(2,12-33-18(22(24,25)26)23(27,28)35(30,31)32)9-14-8-17(16)21(13,10-14)19(29)34-15-6-4-3-5-7-15/h3-7,11,13-14,17-19,29H,8-10,12H2,1-2H3,(H,30,31,32)/t13-,14?,17?,18?,19?,20?,21?/m1/s1. The average molecular weight is 527 g/mol. The van der Waals surface area contributed by atoms with Gasteiger partial charge in [0.05, 0.1) is 6.61 Å². The van der Waals surface area contributed by atoms with Crippen LogP contribution in [0.3, 0.4) is 0 Å². The normalized spacial score (nSPS) is 34.4. The Kier molecular flexibility index (Phi) is 6.31. The molecular weight excluding hydrogens is 499 g/mol. The van der Waals surface area contributed by atoms with Crippen LogP contribution in [0.2, 0.25) is 0 Å². The van der Waals surface area contributed by atoms with E-state index in [4.69, 9.17) is 9.29 Å². The maximum Gasteiger partial charge on any atom is 0.421 e. The van der Waals surface area contributed by atoms with Gasteiger partial charge in [0.1, 0.15) is 5.75 Å². The van der Waals surface area contributed by atoms with Crippen molar-refractivity contribution in [2.75, 3.05) is 6.61 Å². The Bertz CT molecular complexity index is 1090. The van der Waals surface area contributed by atoms with Crippen molar-refractivity contribution in [1.82, 2.24) is 0 Å². The van der Waals surface area contributed by atoms with Crippen molar-refractivity contribution in [1.29, 1.82) is 0 Å². The molecule has 6 unspecified atom stereocenters. The van der Waals surface area contributed by atoms with E-state index in [1.54, 1.807) is 37.3 Å². The zero-order valence-electron chi connectivity index (χ0n) is 19.0. The molecule has 0 heterocycles. The molecule has 12 heteroatoms. The monoisotopic (exact) mass is 526 g/mol. The lowest BCUT2D eigenvalue weighted by molar-refractivity contribution is -0.269. The highest BCUT2D eigenvalue weighted by atomic mass is 32.2. The fraction of sp³-hybridized carbons (Fsp3) is 0.652. The molecule has 4 rings (SSSR count). The van der Waals surface area contributed by atoms with E-state index in [1.165, 1.54) is 0 Å². The van der Waals surface area contributed by atoms with Crippen molar-refractivity contribution in [3.63, 3.8) is 0 Å². The first kappa shape index (κ1) is 26.3. The van der Waals surface area contributed by atoms with Crippen LogP contribution in [0.4, 0.5) is 22.0 Å². The maximum atomic E-state index is 13.9. The molecule has 1 aromatic carbocycles. The number of aliphatic hydroxyl groups excluding tert-OH is 1. The van der Waals surface area contributed by atoms with Gasteiger partial charge in [-0.2, -0.15) is 30.4 Å². The summed E-state index contributed by atoms with van der Waals surface area (Å²) in [5, 5.41) is 5.45. The molecule has 0 spiro atoms. The Balaban J connectivity index is 1.55. The topological polar surface area (TPSA) is 93.1 Å². The Morgan fingerprint density at radius 3 is 2.34 bits per heavy atom. The van der Waals surface area contributed by atoms with E-state index in [0.717, 1.165) is 5.57 Å². The molecule has 1 aromatic rings. The summed E-state index contributed by atoms with van der Waals surface area (Å²) < 4.78 is 109. The third kappa shape index (κ3) is 4.36. The average Bonchev–Trinajstić information content (AvgIpc) is 2.99. The van der Waals surface area contributed by atoms with Crippen molar-refractivity contribution in [3.8, 4) is 5.75 Å². The smallest absolute Gasteiger partial charge is 0.421 e. The highest BCUT2D eigenvalue weighted by Gasteiger charge is 2.68. The zero-order chi connectivity index (χ0) is 26.0. The second kappa shape index (κ2) is 8.39. The van der Waals surface area contributed by atoms with Gasteiger partial charge in [0, 0.05) is 10.8 Å². The van der Waals surface area contributed by atoms with E-state index < -0.39 is 51.4 Å². The van der Waals surface area contributed by atoms with Crippen LogP contribution in [0.15, 0.2) is 42.0 Å². The van der Waals surface area contributed by atoms with Gasteiger partial charge in [0.15, 0.2) is 0 Å². The van der Waals surface area contributed by atoms with E-state index in [2.05, 4.69) is 4.74 Å². The SMILES string of the molecule is C[C@@H]1C2=CC(C)(COC(C(F)(F)F)C(F)(F)S(=O)(=O)O)CC3CC2C1(C(O)Oc1ccccc1)C3. The summed E-state index contributed by atoms with van der Waals surface area (Å²) in [6, 6.07) is 8.81. The maximum absolute atomic E-state index is 13.9. The van der Waals surface area contributed by atoms with Gasteiger partial charge in [-0.3, -0.25) is 4.55 Å². The van der Waals surface area contributed by atoms with E-state index in [0.29, 0.717) is 25.0 Å². The highest BCUT2D eigenvalue weighted by molar-refractivity contribution is 7.86. The van der Waals surface area contributed by atoms with E-state index in [-0.39, 0.29) is 17.8 Å². The van der Waals surface area contributed by atoms with Gasteiger partial charge >= 0.3 is 21.5 Å². The number of hydrogen-bond donors (Lipinski definition) is 2.